The lowest BCUT2D eigenvalue weighted by molar-refractivity contribution is -0.138. The van der Waals surface area contributed by atoms with Gasteiger partial charge >= 0.3 is 0 Å². The van der Waals surface area contributed by atoms with Crippen LogP contribution < -0.4 is 11.1 Å². The molecule has 0 bridgehead atoms. The van der Waals surface area contributed by atoms with Crippen LogP contribution in [0.2, 0.25) is 0 Å². The number of aliphatic imine (C=N–C) groups is 1. The summed E-state index contributed by atoms with van der Waals surface area (Å²) in [5, 5.41) is 3.13. The summed E-state index contributed by atoms with van der Waals surface area (Å²) < 4.78 is 0. The molecule has 1 saturated carbocycles. The standard InChI is InChI=1S/C18H28N4O/c1-4-14-8-7-9-15(12-14)21-17(19)20-13-18(10-5-6-11-18)16(23)22(2)3/h7-9,12H,4-6,10-11,13H2,1-3H3,(H3,19,20,21). The quantitative estimate of drug-likeness (QED) is 0.648. The molecule has 5 heteroatoms. The summed E-state index contributed by atoms with van der Waals surface area (Å²) in [4.78, 5) is 18.7. The molecule has 1 aromatic carbocycles. The van der Waals surface area contributed by atoms with Gasteiger partial charge in [0.05, 0.1) is 12.0 Å². The maximum atomic E-state index is 12.5. The second-order valence-corrected chi connectivity index (χ2v) is 6.57. The Morgan fingerprint density at radius 1 is 1.35 bits per heavy atom. The highest BCUT2D eigenvalue weighted by Gasteiger charge is 2.41. The first kappa shape index (κ1) is 17.3. The number of carbonyl (C=O) groups is 1. The van der Waals surface area contributed by atoms with Gasteiger partial charge < -0.3 is 16.0 Å². The molecule has 0 unspecified atom stereocenters. The fraction of sp³-hybridized carbons (Fsp3) is 0.556. The van der Waals surface area contributed by atoms with Gasteiger partial charge in [0.1, 0.15) is 0 Å². The van der Waals surface area contributed by atoms with Crippen molar-refractivity contribution in [1.29, 1.82) is 0 Å². The molecule has 1 aliphatic carbocycles. The summed E-state index contributed by atoms with van der Waals surface area (Å²) in [7, 11) is 3.62. The van der Waals surface area contributed by atoms with Gasteiger partial charge in [0.2, 0.25) is 5.91 Å². The van der Waals surface area contributed by atoms with Crippen LogP contribution in [0.4, 0.5) is 5.69 Å². The first-order valence-corrected chi connectivity index (χ1v) is 8.34. The average Bonchev–Trinajstić information content (AvgIpc) is 3.02. The minimum atomic E-state index is -0.374. The van der Waals surface area contributed by atoms with Crippen LogP contribution in [0.25, 0.3) is 0 Å². The summed E-state index contributed by atoms with van der Waals surface area (Å²) >= 11 is 0. The molecule has 126 valence electrons. The Hall–Kier alpha value is -2.04. The topological polar surface area (TPSA) is 70.7 Å². The van der Waals surface area contributed by atoms with Gasteiger partial charge in [0.15, 0.2) is 5.96 Å². The van der Waals surface area contributed by atoms with E-state index in [4.69, 9.17) is 5.73 Å². The monoisotopic (exact) mass is 316 g/mol. The molecule has 0 saturated heterocycles. The minimum Gasteiger partial charge on any atom is -0.370 e. The SMILES string of the molecule is CCc1cccc(NC(N)=NCC2(C(=O)N(C)C)CCCC2)c1. The highest BCUT2D eigenvalue weighted by Crippen LogP contribution is 2.39. The zero-order valence-electron chi connectivity index (χ0n) is 14.4. The van der Waals surface area contributed by atoms with E-state index < -0.39 is 0 Å². The lowest BCUT2D eigenvalue weighted by Gasteiger charge is -2.29. The van der Waals surface area contributed by atoms with Crippen molar-refractivity contribution in [2.24, 2.45) is 16.1 Å². The molecule has 0 radical (unpaired) electrons. The van der Waals surface area contributed by atoms with Gasteiger partial charge in [-0.25, -0.2) is 0 Å². The first-order chi connectivity index (χ1) is 11.0. The van der Waals surface area contributed by atoms with E-state index in [0.717, 1.165) is 37.8 Å². The average molecular weight is 316 g/mol. The first-order valence-electron chi connectivity index (χ1n) is 8.34. The molecule has 2 rings (SSSR count). The van der Waals surface area contributed by atoms with Crippen molar-refractivity contribution in [2.75, 3.05) is 26.0 Å². The molecule has 0 aromatic heterocycles. The molecule has 0 heterocycles. The number of guanidine groups is 1. The molecule has 0 aliphatic heterocycles. The normalized spacial score (nSPS) is 17.1. The third kappa shape index (κ3) is 4.24. The Morgan fingerprint density at radius 2 is 2.04 bits per heavy atom. The smallest absolute Gasteiger partial charge is 0.230 e. The van der Waals surface area contributed by atoms with Crippen LogP contribution in [0.5, 0.6) is 0 Å². The van der Waals surface area contributed by atoms with E-state index in [1.807, 2.05) is 26.2 Å². The Bertz CT molecular complexity index is 574. The Kier molecular flexibility index (Phi) is 5.64. The fourth-order valence-corrected chi connectivity index (χ4v) is 3.26. The number of aryl methyl sites for hydroxylation is 1. The highest BCUT2D eigenvalue weighted by atomic mass is 16.2. The van der Waals surface area contributed by atoms with E-state index in [-0.39, 0.29) is 11.3 Å². The Labute approximate surface area is 139 Å². The van der Waals surface area contributed by atoms with Crippen LogP contribution >= 0.6 is 0 Å². The number of anilines is 1. The van der Waals surface area contributed by atoms with Gasteiger partial charge in [-0.3, -0.25) is 9.79 Å². The molecule has 0 atom stereocenters. The minimum absolute atomic E-state index is 0.166. The largest absolute Gasteiger partial charge is 0.370 e. The van der Waals surface area contributed by atoms with Crippen molar-refractivity contribution in [2.45, 2.75) is 39.0 Å². The van der Waals surface area contributed by atoms with Gasteiger partial charge in [0, 0.05) is 19.8 Å². The number of carbonyl (C=O) groups excluding carboxylic acids is 1. The van der Waals surface area contributed by atoms with Gasteiger partial charge in [-0.15, -0.1) is 0 Å². The summed E-state index contributed by atoms with van der Waals surface area (Å²) in [6.07, 6.45) is 4.94. The van der Waals surface area contributed by atoms with Gasteiger partial charge in [-0.1, -0.05) is 31.9 Å². The van der Waals surface area contributed by atoms with Crippen LogP contribution in [0, 0.1) is 5.41 Å². The molecule has 1 aromatic rings. The lowest BCUT2D eigenvalue weighted by atomic mass is 9.85. The third-order valence-corrected chi connectivity index (χ3v) is 4.58. The lowest BCUT2D eigenvalue weighted by Crippen LogP contribution is -2.41. The molecular weight excluding hydrogens is 288 g/mol. The maximum Gasteiger partial charge on any atom is 0.230 e. The fourth-order valence-electron chi connectivity index (χ4n) is 3.26. The van der Waals surface area contributed by atoms with Crippen molar-refractivity contribution in [3.05, 3.63) is 29.8 Å². The van der Waals surface area contributed by atoms with Gasteiger partial charge in [-0.05, 0) is 37.0 Å². The van der Waals surface area contributed by atoms with Crippen LogP contribution in [-0.2, 0) is 11.2 Å². The van der Waals surface area contributed by atoms with Crippen molar-refractivity contribution in [3.8, 4) is 0 Å². The number of nitrogens with zero attached hydrogens (tertiary/aromatic N) is 2. The molecular formula is C18H28N4O. The van der Waals surface area contributed by atoms with Gasteiger partial charge in [0.25, 0.3) is 0 Å². The van der Waals surface area contributed by atoms with Crippen LogP contribution in [0.3, 0.4) is 0 Å². The zero-order chi connectivity index (χ0) is 16.9. The van der Waals surface area contributed by atoms with E-state index in [2.05, 4.69) is 29.4 Å². The molecule has 0 spiro atoms. The summed E-state index contributed by atoms with van der Waals surface area (Å²) in [6, 6.07) is 8.13. The summed E-state index contributed by atoms with van der Waals surface area (Å²) in [5.74, 6) is 0.538. The van der Waals surface area contributed by atoms with Crippen molar-refractivity contribution in [1.82, 2.24) is 4.90 Å². The molecule has 3 N–H and O–H groups in total. The van der Waals surface area contributed by atoms with Crippen molar-refractivity contribution >= 4 is 17.6 Å². The second-order valence-electron chi connectivity index (χ2n) is 6.57. The number of hydrogen-bond acceptors (Lipinski definition) is 2. The number of nitrogens with two attached hydrogens (primary N) is 1. The van der Waals surface area contributed by atoms with E-state index in [1.165, 1.54) is 5.56 Å². The summed E-state index contributed by atoms with van der Waals surface area (Å²) in [5.41, 5.74) is 7.83. The Balaban J connectivity index is 2.06. The van der Waals surface area contributed by atoms with Crippen molar-refractivity contribution < 1.29 is 4.79 Å². The zero-order valence-corrected chi connectivity index (χ0v) is 14.4. The highest BCUT2D eigenvalue weighted by molar-refractivity contribution is 5.92. The second kappa shape index (κ2) is 7.49. The molecule has 1 aliphatic rings. The van der Waals surface area contributed by atoms with E-state index in [9.17, 15) is 4.79 Å². The van der Waals surface area contributed by atoms with Crippen LogP contribution in [0.15, 0.2) is 29.3 Å². The number of benzene rings is 1. The Morgan fingerprint density at radius 3 is 2.65 bits per heavy atom. The molecule has 23 heavy (non-hydrogen) atoms. The van der Waals surface area contributed by atoms with Crippen molar-refractivity contribution in [3.63, 3.8) is 0 Å². The van der Waals surface area contributed by atoms with Gasteiger partial charge in [-0.2, -0.15) is 0 Å². The molecule has 5 nitrogen and oxygen atoms in total. The predicted octanol–water partition coefficient (Wildman–Crippen LogP) is 2.62. The summed E-state index contributed by atoms with van der Waals surface area (Å²) in [6.45, 7) is 2.57. The molecule has 1 amide bonds. The third-order valence-electron chi connectivity index (χ3n) is 4.58. The van der Waals surface area contributed by atoms with E-state index in [0.29, 0.717) is 12.5 Å². The number of hydrogen-bond donors (Lipinski definition) is 2. The predicted molar refractivity (Wildman–Crippen MR) is 95.5 cm³/mol. The van der Waals surface area contributed by atoms with E-state index in [1.54, 1.807) is 4.90 Å². The maximum absolute atomic E-state index is 12.5. The number of rotatable bonds is 5. The van der Waals surface area contributed by atoms with Crippen LogP contribution in [0.1, 0.15) is 38.2 Å². The number of nitrogens with one attached hydrogen (secondary N) is 1. The van der Waals surface area contributed by atoms with E-state index >= 15 is 0 Å². The number of amides is 1. The molecule has 1 fully saturated rings. The van der Waals surface area contributed by atoms with Crippen LogP contribution in [-0.4, -0.2) is 37.4 Å².